The molecule has 0 amide bonds. The predicted molar refractivity (Wildman–Crippen MR) is 100 cm³/mol. The van der Waals surface area contributed by atoms with Gasteiger partial charge in [-0.3, -0.25) is 9.59 Å². The van der Waals surface area contributed by atoms with Gasteiger partial charge in [-0.2, -0.15) is 0 Å². The molecule has 0 bridgehead atoms. The second-order valence-electron chi connectivity index (χ2n) is 9.53. The topological polar surface area (TPSA) is 43.4 Å². The van der Waals surface area contributed by atoms with Crippen LogP contribution in [-0.4, -0.2) is 17.4 Å². The number of ketones is 1. The van der Waals surface area contributed by atoms with Gasteiger partial charge in [0.15, 0.2) is 11.4 Å². The molecule has 0 aromatic carbocycles. The van der Waals surface area contributed by atoms with E-state index in [1.807, 2.05) is 6.08 Å². The highest BCUT2D eigenvalue weighted by atomic mass is 16.6. The van der Waals surface area contributed by atoms with E-state index in [2.05, 4.69) is 19.8 Å². The van der Waals surface area contributed by atoms with E-state index in [0.29, 0.717) is 30.0 Å². The van der Waals surface area contributed by atoms with E-state index in [-0.39, 0.29) is 16.8 Å². The van der Waals surface area contributed by atoms with Crippen molar-refractivity contribution in [2.75, 3.05) is 0 Å². The Morgan fingerprint density at radius 3 is 2.58 bits per heavy atom. The summed E-state index contributed by atoms with van der Waals surface area (Å²) in [4.78, 5) is 23.7. The Bertz CT molecular complexity index is 728. The number of ether oxygens (including phenoxy) is 1. The summed E-state index contributed by atoms with van der Waals surface area (Å²) in [6.45, 7) is 6.13. The third-order valence-corrected chi connectivity index (χ3v) is 8.63. The SMILES string of the molecule is C#C[C@]1(OC(C)=O)CC[C@@H]2[C@H]3CCC4=CC(=O)CC[C@]4(C)[C@H]3CC[C@@]21C. The van der Waals surface area contributed by atoms with E-state index in [1.165, 1.54) is 12.5 Å². The highest BCUT2D eigenvalue weighted by Crippen LogP contribution is 2.68. The van der Waals surface area contributed by atoms with Gasteiger partial charge in [0.2, 0.25) is 0 Å². The molecule has 4 aliphatic rings. The highest BCUT2D eigenvalue weighted by Gasteiger charge is 2.65. The first-order chi connectivity index (χ1) is 12.3. The van der Waals surface area contributed by atoms with E-state index in [0.717, 1.165) is 44.9 Å². The van der Waals surface area contributed by atoms with Crippen LogP contribution in [0.2, 0.25) is 0 Å². The normalized spacial score (nSPS) is 47.1. The monoisotopic (exact) mass is 354 g/mol. The quantitative estimate of drug-likeness (QED) is 0.516. The highest BCUT2D eigenvalue weighted by molar-refractivity contribution is 5.91. The first-order valence-electron chi connectivity index (χ1n) is 10.2. The molecule has 0 aliphatic heterocycles. The molecule has 0 N–H and O–H groups in total. The maximum Gasteiger partial charge on any atom is 0.304 e. The van der Waals surface area contributed by atoms with Crippen LogP contribution in [0.4, 0.5) is 0 Å². The van der Waals surface area contributed by atoms with Gasteiger partial charge >= 0.3 is 5.97 Å². The lowest BCUT2D eigenvalue weighted by Crippen LogP contribution is -2.55. The fourth-order valence-corrected chi connectivity index (χ4v) is 7.24. The number of esters is 1. The van der Waals surface area contributed by atoms with Gasteiger partial charge in [0, 0.05) is 18.8 Å². The van der Waals surface area contributed by atoms with Crippen molar-refractivity contribution in [1.82, 2.24) is 0 Å². The molecular formula is C23H30O3. The molecule has 0 unspecified atom stereocenters. The van der Waals surface area contributed by atoms with Crippen molar-refractivity contribution in [3.8, 4) is 12.3 Å². The molecule has 0 heterocycles. The van der Waals surface area contributed by atoms with Crippen LogP contribution in [0.5, 0.6) is 0 Å². The number of hydrogen-bond donors (Lipinski definition) is 0. The molecule has 140 valence electrons. The summed E-state index contributed by atoms with van der Waals surface area (Å²) < 4.78 is 5.81. The molecule has 0 radical (unpaired) electrons. The molecule has 3 fully saturated rings. The number of hydrogen-bond acceptors (Lipinski definition) is 3. The van der Waals surface area contributed by atoms with Crippen molar-refractivity contribution in [2.45, 2.75) is 77.7 Å². The molecule has 3 heteroatoms. The summed E-state index contributed by atoms with van der Waals surface area (Å²) in [6.07, 6.45) is 15.7. The molecule has 0 aromatic rings. The Morgan fingerprint density at radius 1 is 1.15 bits per heavy atom. The lowest BCUT2D eigenvalue weighted by atomic mass is 9.46. The molecule has 6 atom stereocenters. The van der Waals surface area contributed by atoms with Gasteiger partial charge in [0.05, 0.1) is 0 Å². The number of fused-ring (bicyclic) bond motifs is 5. The van der Waals surface area contributed by atoms with Crippen LogP contribution in [0.15, 0.2) is 11.6 Å². The molecule has 0 aromatic heterocycles. The minimum Gasteiger partial charge on any atom is -0.445 e. The zero-order valence-corrected chi connectivity index (χ0v) is 16.3. The molecule has 3 saturated carbocycles. The summed E-state index contributed by atoms with van der Waals surface area (Å²) in [6, 6.07) is 0. The number of rotatable bonds is 1. The van der Waals surface area contributed by atoms with Crippen LogP contribution < -0.4 is 0 Å². The van der Waals surface area contributed by atoms with Crippen molar-refractivity contribution in [3.05, 3.63) is 11.6 Å². The van der Waals surface area contributed by atoms with Crippen LogP contribution in [0.25, 0.3) is 0 Å². The fourth-order valence-electron chi connectivity index (χ4n) is 7.24. The number of carbonyl (C=O) groups excluding carboxylic acids is 2. The van der Waals surface area contributed by atoms with Crippen LogP contribution in [0.3, 0.4) is 0 Å². The van der Waals surface area contributed by atoms with Crippen LogP contribution >= 0.6 is 0 Å². The second-order valence-corrected chi connectivity index (χ2v) is 9.53. The zero-order valence-electron chi connectivity index (χ0n) is 16.3. The first-order valence-corrected chi connectivity index (χ1v) is 10.2. The summed E-state index contributed by atoms with van der Waals surface area (Å²) >= 11 is 0. The fraction of sp³-hybridized carbons (Fsp3) is 0.739. The van der Waals surface area contributed by atoms with E-state index in [1.54, 1.807) is 0 Å². The first kappa shape index (κ1) is 17.8. The van der Waals surface area contributed by atoms with Crippen LogP contribution in [-0.2, 0) is 14.3 Å². The molecule has 0 saturated heterocycles. The van der Waals surface area contributed by atoms with Crippen molar-refractivity contribution >= 4 is 11.8 Å². The number of terminal acetylenes is 1. The minimum atomic E-state index is -0.742. The third kappa shape index (κ3) is 2.20. The largest absolute Gasteiger partial charge is 0.445 e. The van der Waals surface area contributed by atoms with Crippen molar-refractivity contribution in [2.24, 2.45) is 28.6 Å². The van der Waals surface area contributed by atoms with Gasteiger partial charge in [0.1, 0.15) is 0 Å². The van der Waals surface area contributed by atoms with Crippen molar-refractivity contribution < 1.29 is 14.3 Å². The molecular weight excluding hydrogens is 324 g/mol. The summed E-state index contributed by atoms with van der Waals surface area (Å²) in [5, 5.41) is 0. The van der Waals surface area contributed by atoms with Crippen molar-refractivity contribution in [1.29, 1.82) is 0 Å². The van der Waals surface area contributed by atoms with Gasteiger partial charge in [-0.1, -0.05) is 25.3 Å². The Labute approximate surface area is 156 Å². The lowest BCUT2D eigenvalue weighted by molar-refractivity contribution is -0.169. The third-order valence-electron chi connectivity index (χ3n) is 8.63. The Morgan fingerprint density at radius 2 is 1.88 bits per heavy atom. The summed E-state index contributed by atoms with van der Waals surface area (Å²) in [5.41, 5.74) is 0.686. The predicted octanol–water partition coefficient (Wildman–Crippen LogP) is 4.45. The van der Waals surface area contributed by atoms with Crippen LogP contribution in [0, 0.1) is 40.9 Å². The van der Waals surface area contributed by atoms with E-state index < -0.39 is 5.60 Å². The Hall–Kier alpha value is -1.56. The van der Waals surface area contributed by atoms with Crippen LogP contribution in [0.1, 0.15) is 72.1 Å². The Balaban J connectivity index is 1.69. The average Bonchev–Trinajstić information content (AvgIpc) is 2.88. The van der Waals surface area contributed by atoms with Gasteiger partial charge < -0.3 is 4.74 Å². The number of allylic oxidation sites excluding steroid dienone is 1. The summed E-state index contributed by atoms with van der Waals surface area (Å²) in [7, 11) is 0. The van der Waals surface area contributed by atoms with Gasteiger partial charge in [-0.05, 0) is 74.2 Å². The van der Waals surface area contributed by atoms with E-state index in [4.69, 9.17) is 11.2 Å². The zero-order chi connectivity index (χ0) is 18.7. The maximum atomic E-state index is 11.9. The molecule has 26 heavy (non-hydrogen) atoms. The standard InChI is InChI=1S/C23H30O3/c1-5-23(26-15(2)24)13-10-20-18-7-6-16-14-17(25)8-11-21(16,3)19(18)9-12-22(20,23)4/h1,14,18-20H,6-13H2,2-4H3/t18-,19-,20+,21-,22-,23-/m0/s1. The smallest absolute Gasteiger partial charge is 0.304 e. The van der Waals surface area contributed by atoms with Gasteiger partial charge in [-0.25, -0.2) is 0 Å². The van der Waals surface area contributed by atoms with Crippen molar-refractivity contribution in [3.63, 3.8) is 0 Å². The average molecular weight is 354 g/mol. The molecule has 3 nitrogen and oxygen atoms in total. The minimum absolute atomic E-state index is 0.128. The number of carbonyl (C=O) groups is 2. The summed E-state index contributed by atoms with van der Waals surface area (Å²) in [5.74, 6) is 4.71. The lowest BCUT2D eigenvalue weighted by Gasteiger charge is -2.58. The molecule has 4 rings (SSSR count). The maximum absolute atomic E-state index is 11.9. The Kier molecular flexibility index (Phi) is 3.92. The second kappa shape index (κ2) is 5.72. The van der Waals surface area contributed by atoms with Gasteiger partial charge in [0.25, 0.3) is 0 Å². The van der Waals surface area contributed by atoms with E-state index in [9.17, 15) is 9.59 Å². The van der Waals surface area contributed by atoms with E-state index >= 15 is 0 Å². The molecule has 0 spiro atoms. The molecule has 4 aliphatic carbocycles. The van der Waals surface area contributed by atoms with Gasteiger partial charge in [-0.15, -0.1) is 6.42 Å².